The van der Waals surface area contributed by atoms with Gasteiger partial charge in [0.25, 0.3) is 0 Å². The topological polar surface area (TPSA) is 24.9 Å². The molecule has 3 rings (SSSR count). The standard InChI is InChI=1S/C15H16N2/c1-11-4-2-5-12(8-11)14-6-3-7-17-15(14)13-9-16-10-13/h2-8,13,16H,9-10H2,1H3. The maximum atomic E-state index is 4.57. The summed E-state index contributed by atoms with van der Waals surface area (Å²) in [6.07, 6.45) is 1.90. The number of nitrogens with one attached hydrogen (secondary N) is 1. The first-order chi connectivity index (χ1) is 8.34. The Morgan fingerprint density at radius 3 is 2.76 bits per heavy atom. The van der Waals surface area contributed by atoms with Crippen molar-refractivity contribution in [1.29, 1.82) is 0 Å². The van der Waals surface area contributed by atoms with Crippen LogP contribution in [-0.4, -0.2) is 18.1 Å². The minimum Gasteiger partial charge on any atom is -0.315 e. The zero-order valence-corrected chi connectivity index (χ0v) is 9.98. The van der Waals surface area contributed by atoms with Gasteiger partial charge in [0.15, 0.2) is 0 Å². The van der Waals surface area contributed by atoms with Crippen LogP contribution in [0.5, 0.6) is 0 Å². The third-order valence-electron chi connectivity index (χ3n) is 3.34. The summed E-state index contributed by atoms with van der Waals surface area (Å²) >= 11 is 0. The molecule has 0 amide bonds. The molecule has 2 nitrogen and oxygen atoms in total. The van der Waals surface area contributed by atoms with Crippen LogP contribution in [0.2, 0.25) is 0 Å². The average molecular weight is 224 g/mol. The van der Waals surface area contributed by atoms with Gasteiger partial charge < -0.3 is 5.32 Å². The second kappa shape index (κ2) is 4.30. The van der Waals surface area contributed by atoms with Crippen molar-refractivity contribution >= 4 is 0 Å². The molecule has 0 saturated carbocycles. The number of aromatic nitrogens is 1. The van der Waals surface area contributed by atoms with Gasteiger partial charge in [-0.25, -0.2) is 0 Å². The van der Waals surface area contributed by atoms with E-state index < -0.39 is 0 Å². The lowest BCUT2D eigenvalue weighted by molar-refractivity contribution is 0.441. The fraction of sp³-hybridized carbons (Fsp3) is 0.267. The first-order valence-electron chi connectivity index (χ1n) is 6.07. The summed E-state index contributed by atoms with van der Waals surface area (Å²) in [7, 11) is 0. The predicted octanol–water partition coefficient (Wildman–Crippen LogP) is 2.74. The van der Waals surface area contributed by atoms with Gasteiger partial charge in [-0.3, -0.25) is 4.98 Å². The summed E-state index contributed by atoms with van der Waals surface area (Å²) in [5.41, 5.74) is 5.09. The lowest BCUT2D eigenvalue weighted by Crippen LogP contribution is -2.40. The maximum Gasteiger partial charge on any atom is 0.0538 e. The Hall–Kier alpha value is -1.67. The number of hydrogen-bond acceptors (Lipinski definition) is 2. The van der Waals surface area contributed by atoms with Crippen LogP contribution in [0.1, 0.15) is 17.2 Å². The van der Waals surface area contributed by atoms with E-state index in [2.05, 4.69) is 47.6 Å². The van der Waals surface area contributed by atoms with Crippen LogP contribution in [0.3, 0.4) is 0 Å². The quantitative estimate of drug-likeness (QED) is 0.848. The highest BCUT2D eigenvalue weighted by molar-refractivity contribution is 5.67. The van der Waals surface area contributed by atoms with Crippen molar-refractivity contribution in [3.05, 3.63) is 53.9 Å². The van der Waals surface area contributed by atoms with E-state index in [0.29, 0.717) is 5.92 Å². The molecule has 1 aromatic heterocycles. The highest BCUT2D eigenvalue weighted by Gasteiger charge is 2.23. The van der Waals surface area contributed by atoms with Gasteiger partial charge in [0, 0.05) is 30.8 Å². The molecule has 1 aliphatic heterocycles. The highest BCUT2D eigenvalue weighted by Crippen LogP contribution is 2.29. The van der Waals surface area contributed by atoms with Crippen LogP contribution >= 0.6 is 0 Å². The summed E-state index contributed by atoms with van der Waals surface area (Å²) in [5, 5.41) is 3.31. The summed E-state index contributed by atoms with van der Waals surface area (Å²) in [4.78, 5) is 4.57. The van der Waals surface area contributed by atoms with Crippen LogP contribution in [0.25, 0.3) is 11.1 Å². The molecule has 0 aliphatic carbocycles. The molecule has 0 spiro atoms. The van der Waals surface area contributed by atoms with Gasteiger partial charge in [0.05, 0.1) is 5.69 Å². The number of aryl methyl sites for hydroxylation is 1. The predicted molar refractivity (Wildman–Crippen MR) is 70.0 cm³/mol. The molecule has 1 fully saturated rings. The summed E-state index contributed by atoms with van der Waals surface area (Å²) in [5.74, 6) is 0.576. The summed E-state index contributed by atoms with van der Waals surface area (Å²) < 4.78 is 0. The van der Waals surface area contributed by atoms with Crippen molar-refractivity contribution in [2.45, 2.75) is 12.8 Å². The van der Waals surface area contributed by atoms with E-state index in [0.717, 1.165) is 13.1 Å². The highest BCUT2D eigenvalue weighted by atomic mass is 15.0. The number of nitrogens with zero attached hydrogens (tertiary/aromatic N) is 1. The lowest BCUT2D eigenvalue weighted by Gasteiger charge is -2.28. The Morgan fingerprint density at radius 2 is 2.06 bits per heavy atom. The Balaban J connectivity index is 2.07. The van der Waals surface area contributed by atoms with Crippen molar-refractivity contribution in [2.75, 3.05) is 13.1 Å². The van der Waals surface area contributed by atoms with E-state index >= 15 is 0 Å². The van der Waals surface area contributed by atoms with Crippen molar-refractivity contribution < 1.29 is 0 Å². The number of pyridine rings is 1. The number of rotatable bonds is 2. The molecule has 17 heavy (non-hydrogen) atoms. The molecule has 2 aromatic rings. The van der Waals surface area contributed by atoms with Gasteiger partial charge >= 0.3 is 0 Å². The Bertz CT molecular complexity index is 530. The maximum absolute atomic E-state index is 4.57. The summed E-state index contributed by atoms with van der Waals surface area (Å²) in [6, 6.07) is 12.8. The van der Waals surface area contributed by atoms with Gasteiger partial charge in [-0.1, -0.05) is 35.9 Å². The molecular formula is C15H16N2. The van der Waals surface area contributed by atoms with Crippen LogP contribution in [0.15, 0.2) is 42.6 Å². The second-order valence-corrected chi connectivity index (χ2v) is 4.66. The molecule has 1 aromatic carbocycles. The fourth-order valence-corrected chi connectivity index (χ4v) is 2.28. The SMILES string of the molecule is Cc1cccc(-c2cccnc2C2CNC2)c1. The number of hydrogen-bond donors (Lipinski definition) is 1. The van der Waals surface area contributed by atoms with E-state index in [4.69, 9.17) is 0 Å². The lowest BCUT2D eigenvalue weighted by atomic mass is 9.91. The largest absolute Gasteiger partial charge is 0.315 e. The van der Waals surface area contributed by atoms with E-state index in [-0.39, 0.29) is 0 Å². The van der Waals surface area contributed by atoms with E-state index in [9.17, 15) is 0 Å². The first kappa shape index (κ1) is 10.5. The average Bonchev–Trinajstić information content (AvgIpc) is 2.27. The first-order valence-corrected chi connectivity index (χ1v) is 6.07. The molecule has 2 heteroatoms. The van der Waals surface area contributed by atoms with Crippen molar-refractivity contribution in [1.82, 2.24) is 10.3 Å². The van der Waals surface area contributed by atoms with Gasteiger partial charge in [-0.2, -0.15) is 0 Å². The van der Waals surface area contributed by atoms with Crippen LogP contribution < -0.4 is 5.32 Å². The third-order valence-corrected chi connectivity index (χ3v) is 3.34. The van der Waals surface area contributed by atoms with Crippen LogP contribution in [0.4, 0.5) is 0 Å². The van der Waals surface area contributed by atoms with Crippen molar-refractivity contribution in [3.63, 3.8) is 0 Å². The summed E-state index contributed by atoms with van der Waals surface area (Å²) in [6.45, 7) is 4.23. The normalized spacial score (nSPS) is 15.6. The smallest absolute Gasteiger partial charge is 0.0538 e. The third kappa shape index (κ3) is 1.96. The van der Waals surface area contributed by atoms with E-state index in [1.165, 1.54) is 22.4 Å². The Labute approximate surface area is 102 Å². The monoisotopic (exact) mass is 224 g/mol. The molecule has 0 atom stereocenters. The minimum atomic E-state index is 0.576. The second-order valence-electron chi connectivity index (χ2n) is 4.66. The zero-order valence-electron chi connectivity index (χ0n) is 9.98. The molecule has 86 valence electrons. The van der Waals surface area contributed by atoms with Crippen LogP contribution in [0, 0.1) is 6.92 Å². The Kier molecular flexibility index (Phi) is 2.65. The molecule has 0 radical (unpaired) electrons. The zero-order chi connectivity index (χ0) is 11.7. The molecule has 0 bridgehead atoms. The van der Waals surface area contributed by atoms with Crippen molar-refractivity contribution in [2.24, 2.45) is 0 Å². The molecular weight excluding hydrogens is 208 g/mol. The van der Waals surface area contributed by atoms with Gasteiger partial charge in [0.2, 0.25) is 0 Å². The Morgan fingerprint density at radius 1 is 1.18 bits per heavy atom. The van der Waals surface area contributed by atoms with E-state index in [1.54, 1.807) is 0 Å². The number of benzene rings is 1. The molecule has 0 unspecified atom stereocenters. The molecule has 1 aliphatic rings. The van der Waals surface area contributed by atoms with Gasteiger partial charge in [-0.05, 0) is 18.6 Å². The van der Waals surface area contributed by atoms with Gasteiger partial charge in [-0.15, -0.1) is 0 Å². The van der Waals surface area contributed by atoms with Crippen LogP contribution in [-0.2, 0) is 0 Å². The minimum absolute atomic E-state index is 0.576. The fourth-order valence-electron chi connectivity index (χ4n) is 2.28. The molecule has 2 heterocycles. The molecule has 1 saturated heterocycles. The van der Waals surface area contributed by atoms with Crippen molar-refractivity contribution in [3.8, 4) is 11.1 Å². The van der Waals surface area contributed by atoms with E-state index in [1.807, 2.05) is 12.3 Å². The van der Waals surface area contributed by atoms with Gasteiger partial charge in [0.1, 0.15) is 0 Å². The molecule has 1 N–H and O–H groups in total.